The van der Waals surface area contributed by atoms with Gasteiger partial charge >= 0.3 is 0 Å². The Bertz CT molecular complexity index is 1770. The van der Waals surface area contributed by atoms with Crippen molar-refractivity contribution in [2.45, 2.75) is 109 Å². The molecule has 0 spiro atoms. The molecule has 5 unspecified atom stereocenters. The first-order chi connectivity index (χ1) is 26.7. The molecule has 296 valence electrons. The number of aryl methyl sites for hydroxylation is 3. The molecule has 3 aromatic carbocycles. The average Bonchev–Trinajstić information content (AvgIpc) is 3.19. The van der Waals surface area contributed by atoms with Crippen molar-refractivity contribution in [2.75, 3.05) is 46.6 Å². The molecule has 5 atom stereocenters. The van der Waals surface area contributed by atoms with E-state index in [1.165, 1.54) is 29.8 Å². The third-order valence-electron chi connectivity index (χ3n) is 11.6. The average molecular weight is 758 g/mol. The summed E-state index contributed by atoms with van der Waals surface area (Å²) in [6.07, 6.45) is 9.48. The van der Waals surface area contributed by atoms with Gasteiger partial charge in [0.05, 0.1) is 25.2 Å². The fraction of sp³-hybridized carbons (Fsp3) is 0.556. The molecule has 0 bridgehead atoms. The summed E-state index contributed by atoms with van der Waals surface area (Å²) in [6, 6.07) is 18.0. The highest BCUT2D eigenvalue weighted by Crippen LogP contribution is 2.34. The number of likely N-dealkylation sites (N-methyl/N-ethyl adjacent to an activating group) is 1. The zero-order chi connectivity index (χ0) is 38.7. The molecule has 2 aliphatic heterocycles. The smallest absolute Gasteiger partial charge is 0.268 e. The van der Waals surface area contributed by atoms with E-state index in [-0.39, 0.29) is 49.2 Å². The van der Waals surface area contributed by atoms with Gasteiger partial charge in [0.15, 0.2) is 12.6 Å². The SMILES string of the molecule is Cc1cc(F)ccc1C(CCOC1CCCCO1)CN(C(=O)c1cccc2c1CCCC2)N(C)CC(c1ccc(F)cc1C)C(C#N)COC1CCCCO1. The zero-order valence-electron chi connectivity index (χ0n) is 32.7. The number of hydrogen-bond acceptors (Lipinski definition) is 7. The third kappa shape index (κ3) is 10.8. The highest BCUT2D eigenvalue weighted by atomic mass is 19.1. The third-order valence-corrected chi connectivity index (χ3v) is 11.6. The van der Waals surface area contributed by atoms with Crippen molar-refractivity contribution in [1.82, 2.24) is 10.0 Å². The Morgan fingerprint density at radius 3 is 2.15 bits per heavy atom. The second kappa shape index (κ2) is 19.9. The molecular formula is C45H57F2N3O5. The minimum absolute atomic E-state index is 0.127. The summed E-state index contributed by atoms with van der Waals surface area (Å²) in [6.45, 7) is 6.17. The Morgan fingerprint density at radius 1 is 0.855 bits per heavy atom. The van der Waals surface area contributed by atoms with Gasteiger partial charge < -0.3 is 18.9 Å². The minimum Gasteiger partial charge on any atom is -0.353 e. The molecule has 55 heavy (non-hydrogen) atoms. The normalized spacial score (nSPS) is 20.3. The van der Waals surface area contributed by atoms with Crippen LogP contribution in [0.1, 0.15) is 113 Å². The first-order valence-electron chi connectivity index (χ1n) is 20.2. The standard InChI is InChI=1S/C45H57F2N3O5/c1-31-25-36(46)17-19-38(31)34(21-24-54-43-15-6-8-22-52-43)28-50(45(51)41-14-10-12-33-11-4-5-13-40(33)41)49(3)29-42(39-20-18-37(47)26-32(39)2)35(27-48)30-55-44-16-7-9-23-53-44/h10,12,14,17-20,25-26,34-35,42-44H,4-9,11,13,15-16,21-24,28-30H2,1-3H3. The molecular weight excluding hydrogens is 701 g/mol. The Labute approximate surface area is 325 Å². The molecule has 3 aromatic rings. The van der Waals surface area contributed by atoms with Gasteiger partial charge in [0.25, 0.3) is 5.91 Å². The van der Waals surface area contributed by atoms with E-state index in [1.54, 1.807) is 11.1 Å². The lowest BCUT2D eigenvalue weighted by Crippen LogP contribution is -2.49. The number of nitrogens with zero attached hydrogens (tertiary/aromatic N) is 3. The van der Waals surface area contributed by atoms with E-state index in [0.29, 0.717) is 38.3 Å². The van der Waals surface area contributed by atoms with Gasteiger partial charge in [0.2, 0.25) is 0 Å². The second-order valence-corrected chi connectivity index (χ2v) is 15.5. The van der Waals surface area contributed by atoms with Crippen molar-refractivity contribution >= 4 is 5.91 Å². The van der Waals surface area contributed by atoms with Crippen molar-refractivity contribution in [3.8, 4) is 6.07 Å². The van der Waals surface area contributed by atoms with Crippen LogP contribution in [0.15, 0.2) is 54.6 Å². The maximum absolute atomic E-state index is 15.1. The summed E-state index contributed by atoms with van der Waals surface area (Å²) >= 11 is 0. The number of ether oxygens (including phenoxy) is 4. The molecule has 2 fully saturated rings. The molecule has 8 nitrogen and oxygen atoms in total. The Kier molecular flexibility index (Phi) is 14.8. The lowest BCUT2D eigenvalue weighted by atomic mass is 9.84. The molecule has 0 radical (unpaired) electrons. The van der Waals surface area contributed by atoms with Gasteiger partial charge in [-0.25, -0.2) is 13.8 Å². The van der Waals surface area contributed by atoms with Crippen molar-refractivity contribution in [3.63, 3.8) is 0 Å². The molecule has 0 aromatic heterocycles. The predicted octanol–water partition coefficient (Wildman–Crippen LogP) is 8.93. The number of carbonyl (C=O) groups is 1. The number of benzene rings is 3. The number of amides is 1. The van der Waals surface area contributed by atoms with E-state index < -0.39 is 11.8 Å². The number of halogens is 2. The summed E-state index contributed by atoms with van der Waals surface area (Å²) in [5, 5.41) is 14.4. The van der Waals surface area contributed by atoms with Crippen LogP contribution < -0.4 is 0 Å². The molecule has 2 heterocycles. The van der Waals surface area contributed by atoms with Crippen LogP contribution >= 0.6 is 0 Å². The predicted molar refractivity (Wildman–Crippen MR) is 207 cm³/mol. The van der Waals surface area contributed by atoms with Gasteiger partial charge in [0.1, 0.15) is 11.6 Å². The van der Waals surface area contributed by atoms with Crippen LogP contribution in [-0.4, -0.2) is 75.1 Å². The Balaban J connectivity index is 1.35. The maximum Gasteiger partial charge on any atom is 0.268 e. The van der Waals surface area contributed by atoms with E-state index in [4.69, 9.17) is 18.9 Å². The Hall–Kier alpha value is -3.72. The van der Waals surface area contributed by atoms with Crippen LogP contribution in [-0.2, 0) is 31.8 Å². The van der Waals surface area contributed by atoms with Crippen LogP contribution in [0.25, 0.3) is 0 Å². The number of carbonyl (C=O) groups excluding carboxylic acids is 1. The number of hydrazine groups is 1. The van der Waals surface area contributed by atoms with Gasteiger partial charge in [-0.2, -0.15) is 5.26 Å². The molecule has 10 heteroatoms. The van der Waals surface area contributed by atoms with Gasteiger partial charge in [-0.1, -0.05) is 24.3 Å². The molecule has 1 amide bonds. The summed E-state index contributed by atoms with van der Waals surface area (Å²) in [7, 11) is 1.89. The monoisotopic (exact) mass is 757 g/mol. The van der Waals surface area contributed by atoms with Crippen molar-refractivity contribution in [1.29, 1.82) is 5.26 Å². The van der Waals surface area contributed by atoms with E-state index in [0.717, 1.165) is 92.0 Å². The highest BCUT2D eigenvalue weighted by molar-refractivity contribution is 5.96. The van der Waals surface area contributed by atoms with Crippen molar-refractivity contribution in [3.05, 3.63) is 105 Å². The van der Waals surface area contributed by atoms with Crippen LogP contribution in [0, 0.1) is 42.7 Å². The fourth-order valence-corrected chi connectivity index (χ4v) is 8.51. The van der Waals surface area contributed by atoms with E-state index in [2.05, 4.69) is 12.1 Å². The summed E-state index contributed by atoms with van der Waals surface area (Å²) in [5.41, 5.74) is 6.27. The first-order valence-corrected chi connectivity index (χ1v) is 20.2. The van der Waals surface area contributed by atoms with Gasteiger partial charge in [0, 0.05) is 50.8 Å². The van der Waals surface area contributed by atoms with Crippen LogP contribution in [0.3, 0.4) is 0 Å². The lowest BCUT2D eigenvalue weighted by molar-refractivity contribution is -0.167. The van der Waals surface area contributed by atoms with E-state index in [9.17, 15) is 14.0 Å². The molecule has 6 rings (SSSR count). The van der Waals surface area contributed by atoms with Gasteiger partial charge in [-0.15, -0.1) is 0 Å². The van der Waals surface area contributed by atoms with E-state index in [1.807, 2.05) is 44.1 Å². The Morgan fingerprint density at radius 2 is 1.51 bits per heavy atom. The summed E-state index contributed by atoms with van der Waals surface area (Å²) in [4.78, 5) is 15.1. The fourth-order valence-electron chi connectivity index (χ4n) is 8.51. The molecule has 2 saturated heterocycles. The van der Waals surface area contributed by atoms with Gasteiger partial charge in [-0.05, 0) is 148 Å². The molecule has 3 aliphatic rings. The molecule has 1 aliphatic carbocycles. The number of rotatable bonds is 16. The quantitative estimate of drug-likeness (QED) is 0.135. The zero-order valence-corrected chi connectivity index (χ0v) is 32.7. The number of nitriles is 1. The topological polar surface area (TPSA) is 84.3 Å². The van der Waals surface area contributed by atoms with Crippen LogP contribution in [0.2, 0.25) is 0 Å². The summed E-state index contributed by atoms with van der Waals surface area (Å²) < 4.78 is 53.1. The molecule has 0 saturated carbocycles. The second-order valence-electron chi connectivity index (χ2n) is 15.5. The first kappa shape index (κ1) is 40.9. The molecule has 0 N–H and O–H groups in total. The van der Waals surface area contributed by atoms with Gasteiger partial charge in [-0.3, -0.25) is 9.80 Å². The highest BCUT2D eigenvalue weighted by Gasteiger charge is 2.34. The summed E-state index contributed by atoms with van der Waals surface area (Å²) in [5.74, 6) is -2.04. The minimum atomic E-state index is -0.613. The number of hydrogen-bond donors (Lipinski definition) is 0. The van der Waals surface area contributed by atoms with Crippen LogP contribution in [0.4, 0.5) is 8.78 Å². The van der Waals surface area contributed by atoms with E-state index >= 15 is 4.79 Å². The van der Waals surface area contributed by atoms with Crippen molar-refractivity contribution < 1.29 is 32.5 Å². The lowest BCUT2D eigenvalue weighted by Gasteiger charge is -2.39. The number of fused-ring (bicyclic) bond motifs is 1. The largest absolute Gasteiger partial charge is 0.353 e. The van der Waals surface area contributed by atoms with Crippen molar-refractivity contribution in [2.24, 2.45) is 5.92 Å². The maximum atomic E-state index is 15.1. The van der Waals surface area contributed by atoms with Crippen LogP contribution in [0.5, 0.6) is 0 Å².